The number of nitrogens with zero attached hydrogens (tertiary/aromatic N) is 7. The average molecular weight is 588 g/mol. The van der Waals surface area contributed by atoms with E-state index >= 15 is 0 Å². The Morgan fingerprint density at radius 1 is 1.02 bits per heavy atom. The lowest BCUT2D eigenvalue weighted by Crippen LogP contribution is -2.46. The second-order valence-electron chi connectivity index (χ2n) is 10.8. The number of nitrogens with two attached hydrogens (primary N) is 1. The van der Waals surface area contributed by atoms with E-state index in [-0.39, 0.29) is 46.3 Å². The number of nitrogen functional groups attached to an aromatic ring is 1. The smallest absolute Gasteiger partial charge is 0.291 e. The van der Waals surface area contributed by atoms with E-state index < -0.39 is 9.84 Å². The minimum Gasteiger partial charge on any atom is -0.382 e. The van der Waals surface area contributed by atoms with Gasteiger partial charge in [-0.25, -0.2) is 22.8 Å². The van der Waals surface area contributed by atoms with Crippen LogP contribution in [0.4, 0.5) is 10.2 Å². The Morgan fingerprint density at radius 3 is 2.36 bits per heavy atom. The van der Waals surface area contributed by atoms with E-state index in [0.717, 1.165) is 24.7 Å². The number of pyridine rings is 1. The molecule has 3 atom stereocenters. The number of aromatic amines is 1. The first-order chi connectivity index (χ1) is 20.2. The van der Waals surface area contributed by atoms with Gasteiger partial charge < -0.3 is 10.6 Å². The maximum absolute atomic E-state index is 13.4. The summed E-state index contributed by atoms with van der Waals surface area (Å²) < 4.78 is 40.8. The van der Waals surface area contributed by atoms with Gasteiger partial charge in [0.1, 0.15) is 22.9 Å². The lowest BCUT2D eigenvalue weighted by atomic mass is 9.87. The summed E-state index contributed by atoms with van der Waals surface area (Å²) in [6, 6.07) is 9.57. The molecule has 2 aliphatic heterocycles. The number of rotatable bonds is 5. The van der Waals surface area contributed by atoms with Crippen LogP contribution in [0.25, 0.3) is 28.0 Å². The Labute approximate surface area is 239 Å². The minimum absolute atomic E-state index is 0.00726. The molecule has 0 spiro atoms. The minimum atomic E-state index is -3.77. The lowest BCUT2D eigenvalue weighted by molar-refractivity contribution is 0.0556. The first-order valence-corrected chi connectivity index (χ1v) is 15.4. The second kappa shape index (κ2) is 9.69. The standard InChI is InChI=1S/C28H26FN9O3S/c1-42(40,41)24-23(17-10-19-7-8-20(11-17)37(19)28(39)26-32-14-33-36-26)35-27-21(13-34-38(27)25(24)30)16-4-9-22(31-12-16)15-2-5-18(29)6-3-15/h2-6,9,12-14,17,19-20H,7-8,10-11,30H2,1H3,(H,32,33,36)/t17?,19-,20+. The number of carbonyl (C=O) groups excluding carboxylic acids is 1. The molecule has 1 aromatic carbocycles. The number of H-pyrrole nitrogens is 1. The molecular formula is C28H26FN9O3S. The molecule has 5 aromatic rings. The van der Waals surface area contributed by atoms with Crippen LogP contribution in [-0.4, -0.2) is 72.3 Å². The molecule has 2 aliphatic rings. The maximum Gasteiger partial charge on any atom is 0.291 e. The van der Waals surface area contributed by atoms with Crippen molar-refractivity contribution in [3.63, 3.8) is 0 Å². The molecule has 1 amide bonds. The third-order valence-electron chi connectivity index (χ3n) is 8.22. The number of sulfone groups is 1. The summed E-state index contributed by atoms with van der Waals surface area (Å²) >= 11 is 0. The number of aromatic nitrogens is 7. The molecule has 2 fully saturated rings. The number of fused-ring (bicyclic) bond motifs is 3. The Morgan fingerprint density at radius 2 is 1.74 bits per heavy atom. The number of hydrogen-bond acceptors (Lipinski definition) is 9. The number of amides is 1. The quantitative estimate of drug-likeness (QED) is 0.314. The first-order valence-electron chi connectivity index (χ1n) is 13.5. The van der Waals surface area contributed by atoms with Crippen molar-refractivity contribution in [3.8, 4) is 22.4 Å². The fourth-order valence-corrected chi connectivity index (χ4v) is 7.44. The molecule has 0 saturated carbocycles. The fraction of sp³-hybridized carbons (Fsp3) is 0.286. The van der Waals surface area contributed by atoms with Crippen molar-refractivity contribution in [1.82, 2.24) is 39.7 Å². The van der Waals surface area contributed by atoms with Crippen LogP contribution in [0.2, 0.25) is 0 Å². The molecule has 2 bridgehead atoms. The zero-order valence-electron chi connectivity index (χ0n) is 22.5. The molecule has 0 radical (unpaired) electrons. The maximum atomic E-state index is 13.4. The third-order valence-corrected chi connectivity index (χ3v) is 9.38. The molecule has 2 saturated heterocycles. The van der Waals surface area contributed by atoms with Gasteiger partial charge in [0.05, 0.1) is 17.6 Å². The molecule has 7 rings (SSSR count). The molecular weight excluding hydrogens is 561 g/mol. The van der Waals surface area contributed by atoms with Crippen molar-refractivity contribution in [3.05, 3.63) is 72.5 Å². The van der Waals surface area contributed by atoms with Crippen molar-refractivity contribution in [2.75, 3.05) is 12.0 Å². The van der Waals surface area contributed by atoms with Crippen LogP contribution in [-0.2, 0) is 9.84 Å². The van der Waals surface area contributed by atoms with Crippen molar-refractivity contribution < 1.29 is 17.6 Å². The first kappa shape index (κ1) is 26.2. The predicted molar refractivity (Wildman–Crippen MR) is 150 cm³/mol. The largest absolute Gasteiger partial charge is 0.382 e. The zero-order chi connectivity index (χ0) is 29.2. The fourth-order valence-electron chi connectivity index (χ4n) is 6.39. The summed E-state index contributed by atoms with van der Waals surface area (Å²) in [6.45, 7) is 0. The van der Waals surface area contributed by atoms with E-state index in [2.05, 4.69) is 25.3 Å². The van der Waals surface area contributed by atoms with Crippen molar-refractivity contribution >= 4 is 27.2 Å². The molecule has 42 heavy (non-hydrogen) atoms. The van der Waals surface area contributed by atoms with Gasteiger partial charge in [-0.3, -0.25) is 14.9 Å². The van der Waals surface area contributed by atoms with Crippen LogP contribution in [0.3, 0.4) is 0 Å². The molecule has 4 aromatic heterocycles. The Hall–Kier alpha value is -4.72. The van der Waals surface area contributed by atoms with E-state index in [1.165, 1.54) is 23.0 Å². The summed E-state index contributed by atoms with van der Waals surface area (Å²) in [4.78, 5) is 28.4. The molecule has 3 N–H and O–H groups in total. The van der Waals surface area contributed by atoms with Gasteiger partial charge in [-0.1, -0.05) is 6.07 Å². The second-order valence-corrected chi connectivity index (χ2v) is 12.8. The van der Waals surface area contributed by atoms with Gasteiger partial charge in [0.25, 0.3) is 5.91 Å². The van der Waals surface area contributed by atoms with Crippen LogP contribution < -0.4 is 5.73 Å². The highest BCUT2D eigenvalue weighted by Gasteiger charge is 2.46. The molecule has 1 unspecified atom stereocenters. The molecule has 14 heteroatoms. The van der Waals surface area contributed by atoms with E-state index in [9.17, 15) is 17.6 Å². The predicted octanol–water partition coefficient (Wildman–Crippen LogP) is 3.25. The van der Waals surface area contributed by atoms with Gasteiger partial charge in [-0.15, -0.1) is 0 Å². The summed E-state index contributed by atoms with van der Waals surface area (Å²) in [5, 5.41) is 10.8. The SMILES string of the molecule is CS(=O)(=O)c1c(C2C[C@H]3CC[C@@H](C2)N3C(=O)c2ncn[nH]2)nc2c(-c3ccc(-c4ccc(F)cc4)nc3)cnn2c1N. The number of piperidine rings is 1. The summed E-state index contributed by atoms with van der Waals surface area (Å²) in [7, 11) is -3.77. The van der Waals surface area contributed by atoms with Gasteiger partial charge in [0.15, 0.2) is 15.5 Å². The average Bonchev–Trinajstić information content (AvgIpc) is 3.71. The summed E-state index contributed by atoms with van der Waals surface area (Å²) in [6.07, 6.45) is 8.37. The van der Waals surface area contributed by atoms with E-state index in [0.29, 0.717) is 41.0 Å². The van der Waals surface area contributed by atoms with Gasteiger partial charge in [-0.2, -0.15) is 14.7 Å². The van der Waals surface area contributed by atoms with Crippen LogP contribution in [0.1, 0.15) is 47.9 Å². The van der Waals surface area contributed by atoms with Gasteiger partial charge in [0.2, 0.25) is 5.82 Å². The normalized spacial score (nSPS) is 20.3. The molecule has 12 nitrogen and oxygen atoms in total. The lowest BCUT2D eigenvalue weighted by Gasteiger charge is -2.38. The van der Waals surface area contributed by atoms with Crippen LogP contribution in [0.15, 0.2) is 60.0 Å². The topological polar surface area (TPSA) is 165 Å². The number of nitrogens with one attached hydrogen (secondary N) is 1. The Balaban J connectivity index is 1.27. The highest BCUT2D eigenvalue weighted by molar-refractivity contribution is 7.91. The van der Waals surface area contributed by atoms with Gasteiger partial charge in [-0.05, 0) is 56.0 Å². The van der Waals surface area contributed by atoms with Gasteiger partial charge in [0, 0.05) is 47.1 Å². The van der Waals surface area contributed by atoms with E-state index in [4.69, 9.17) is 10.7 Å². The number of anilines is 1. The Bertz CT molecular complexity index is 1910. The number of carbonyl (C=O) groups is 1. The Kier molecular flexibility index (Phi) is 6.04. The number of benzene rings is 1. The number of hydrogen-bond donors (Lipinski definition) is 2. The van der Waals surface area contributed by atoms with Crippen molar-refractivity contribution in [2.24, 2.45) is 0 Å². The number of halogens is 1. The highest BCUT2D eigenvalue weighted by atomic mass is 32.2. The molecule has 6 heterocycles. The molecule has 0 aliphatic carbocycles. The van der Waals surface area contributed by atoms with Crippen LogP contribution >= 0.6 is 0 Å². The van der Waals surface area contributed by atoms with Crippen molar-refractivity contribution in [1.29, 1.82) is 0 Å². The van der Waals surface area contributed by atoms with E-state index in [1.807, 2.05) is 17.0 Å². The monoisotopic (exact) mass is 587 g/mol. The van der Waals surface area contributed by atoms with Crippen LogP contribution in [0.5, 0.6) is 0 Å². The summed E-state index contributed by atoms with van der Waals surface area (Å²) in [5.41, 5.74) is 10.1. The summed E-state index contributed by atoms with van der Waals surface area (Å²) in [5.74, 6) is -0.588. The highest BCUT2D eigenvalue weighted by Crippen LogP contribution is 2.45. The zero-order valence-corrected chi connectivity index (χ0v) is 23.3. The van der Waals surface area contributed by atoms with E-state index in [1.54, 1.807) is 24.5 Å². The van der Waals surface area contributed by atoms with Gasteiger partial charge >= 0.3 is 0 Å². The van der Waals surface area contributed by atoms with Crippen molar-refractivity contribution in [2.45, 2.75) is 48.6 Å². The van der Waals surface area contributed by atoms with Crippen LogP contribution in [0, 0.1) is 5.82 Å². The third kappa shape index (κ3) is 4.29. The molecule has 214 valence electrons.